The van der Waals surface area contributed by atoms with Crippen LogP contribution in [0.5, 0.6) is 0 Å². The van der Waals surface area contributed by atoms with E-state index in [1.807, 2.05) is 20.0 Å². The van der Waals surface area contributed by atoms with E-state index >= 15 is 0 Å². The van der Waals surface area contributed by atoms with Crippen LogP contribution in [0.4, 0.5) is 9.59 Å². The third kappa shape index (κ3) is 11.1. The van der Waals surface area contributed by atoms with Gasteiger partial charge >= 0.3 is 12.2 Å². The lowest BCUT2D eigenvalue weighted by molar-refractivity contribution is -0.153. The number of amides is 3. The number of benzene rings is 2. The van der Waals surface area contributed by atoms with Crippen molar-refractivity contribution in [2.45, 2.75) is 77.3 Å². The molecule has 3 atom stereocenters. The van der Waals surface area contributed by atoms with Crippen LogP contribution >= 0.6 is 0 Å². The number of hydrogen-bond acceptors (Lipinski definition) is 11. The minimum atomic E-state index is -0.899. The molecule has 4 N–H and O–H groups in total. The number of H-pyrrole nitrogens is 2. The maximum atomic E-state index is 13.9. The van der Waals surface area contributed by atoms with Crippen LogP contribution in [0, 0.1) is 5.92 Å². The highest BCUT2D eigenvalue weighted by molar-refractivity contribution is 5.86. The number of ether oxygens (including phenoxy) is 4. The molecule has 2 aromatic heterocycles. The first-order valence-electron chi connectivity index (χ1n) is 20.2. The second kappa shape index (κ2) is 20.9. The van der Waals surface area contributed by atoms with Gasteiger partial charge in [0.2, 0.25) is 5.91 Å². The number of carbonyl (C=O) groups is 4. The lowest BCUT2D eigenvalue weighted by Gasteiger charge is -2.30. The standard InChI is InChI=1S/C36H43N7O5.C4H7NO3.C3H8/c1-22(2)31(41-35(45)46-4)34(44)43-21-36(47-16-17-48-36)18-30(43)33-38-20-28(40-33)26-13-9-24(10-14-26)23-7-11-25(12-8-23)27-19-37-32(39-27)29-6-5-15-42(29)3;1-8-4(7)5-2-3-6;1-3-2/h7-14,19-20,22,29-31H,5-6,15-18,21H2,1-4H3,(H,37,39)(H,38,40)(H,41,45);3H,2H2,1H3,(H,5,7);3H2,1-2H3/t29?,30-,31?;;/m0../s1. The predicted molar refractivity (Wildman–Crippen MR) is 222 cm³/mol. The van der Waals surface area contributed by atoms with Gasteiger partial charge in [-0.1, -0.05) is 82.6 Å². The fourth-order valence-corrected chi connectivity index (χ4v) is 7.34. The van der Waals surface area contributed by atoms with Gasteiger partial charge in [-0.05, 0) is 54.6 Å². The molecule has 1 spiro atoms. The molecule has 2 aromatic carbocycles. The maximum absolute atomic E-state index is 13.9. The summed E-state index contributed by atoms with van der Waals surface area (Å²) in [6, 6.07) is 16.0. The first-order chi connectivity index (χ1) is 28.5. The normalized spacial score (nSPS) is 18.7. The molecule has 16 heteroatoms. The van der Waals surface area contributed by atoms with Crippen LogP contribution in [0.15, 0.2) is 60.9 Å². The summed E-state index contributed by atoms with van der Waals surface area (Å²) in [4.78, 5) is 66.0. The van der Waals surface area contributed by atoms with E-state index in [0.717, 1.165) is 52.4 Å². The molecular weight excluding hydrogens is 757 g/mol. The SMILES string of the molecule is CCC.COC(=O)NC(C(=O)N1CC2(C[C@H]1c1ncc(-c3ccc(-c4ccc(-c5cnc(C6CCCN6C)[nH]5)cc4)cc3)[nH]1)OCCO2)C(C)C.COC(=O)NCC=O. The first kappa shape index (κ1) is 44.5. The number of methoxy groups -OCH3 is 2. The number of aldehydes is 1. The third-order valence-corrected chi connectivity index (χ3v) is 10.4. The Morgan fingerprint density at radius 3 is 1.83 bits per heavy atom. The topological polar surface area (TPSA) is 193 Å². The van der Waals surface area contributed by atoms with Gasteiger partial charge in [-0.25, -0.2) is 19.6 Å². The van der Waals surface area contributed by atoms with Gasteiger partial charge in [0.05, 0.1) is 76.4 Å². The number of aromatic nitrogens is 4. The average molecular weight is 815 g/mol. The van der Waals surface area contributed by atoms with E-state index in [-0.39, 0.29) is 24.9 Å². The van der Waals surface area contributed by atoms with Crippen molar-refractivity contribution in [3.63, 3.8) is 0 Å². The molecular formula is C43H58N8O8. The van der Waals surface area contributed by atoms with Gasteiger partial charge < -0.3 is 49.2 Å². The summed E-state index contributed by atoms with van der Waals surface area (Å²) in [5.41, 5.74) is 6.17. The van der Waals surface area contributed by atoms with Gasteiger partial charge in [0.1, 0.15) is 24.0 Å². The van der Waals surface area contributed by atoms with Crippen molar-refractivity contribution in [3.05, 3.63) is 72.6 Å². The Hall–Kier alpha value is -5.58. The maximum Gasteiger partial charge on any atom is 0.407 e. The van der Waals surface area contributed by atoms with E-state index in [1.54, 1.807) is 11.1 Å². The van der Waals surface area contributed by atoms with Gasteiger partial charge in [-0.15, -0.1) is 0 Å². The van der Waals surface area contributed by atoms with Crippen LogP contribution in [0.3, 0.4) is 0 Å². The van der Waals surface area contributed by atoms with Crippen LogP contribution in [0.1, 0.15) is 77.1 Å². The molecule has 0 radical (unpaired) electrons. The second-order valence-corrected chi connectivity index (χ2v) is 15.1. The van der Waals surface area contributed by atoms with E-state index in [1.165, 1.54) is 27.1 Å². The number of alkyl carbamates (subject to hydrolysis) is 2. The Kier molecular flexibility index (Phi) is 15.8. The van der Waals surface area contributed by atoms with Crippen molar-refractivity contribution in [2.24, 2.45) is 5.92 Å². The molecule has 4 aromatic rings. The molecule has 0 aliphatic carbocycles. The van der Waals surface area contributed by atoms with Gasteiger partial charge in [0.15, 0.2) is 5.79 Å². The molecule has 16 nitrogen and oxygen atoms in total. The van der Waals surface area contributed by atoms with Crippen molar-refractivity contribution in [1.29, 1.82) is 0 Å². The van der Waals surface area contributed by atoms with Gasteiger partial charge in [-0.2, -0.15) is 0 Å². The lowest BCUT2D eigenvalue weighted by Crippen LogP contribution is -2.52. The number of aromatic amines is 2. The first-order valence-corrected chi connectivity index (χ1v) is 20.2. The van der Waals surface area contributed by atoms with Crippen molar-refractivity contribution in [1.82, 2.24) is 40.4 Å². The van der Waals surface area contributed by atoms with Gasteiger partial charge in [0.25, 0.3) is 0 Å². The molecule has 7 rings (SSSR count). The highest BCUT2D eigenvalue weighted by atomic mass is 16.7. The van der Waals surface area contributed by atoms with E-state index in [4.69, 9.17) is 19.2 Å². The lowest BCUT2D eigenvalue weighted by atomic mass is 10.0. The van der Waals surface area contributed by atoms with Crippen molar-refractivity contribution >= 4 is 24.4 Å². The predicted octanol–water partition coefficient (Wildman–Crippen LogP) is 6.26. The average Bonchev–Trinajstić information content (AvgIpc) is 4.11. The Morgan fingerprint density at radius 1 is 0.864 bits per heavy atom. The Labute approximate surface area is 345 Å². The molecule has 3 amide bonds. The van der Waals surface area contributed by atoms with Crippen LogP contribution in [0.2, 0.25) is 0 Å². The second-order valence-electron chi connectivity index (χ2n) is 15.1. The van der Waals surface area contributed by atoms with Crippen molar-refractivity contribution in [3.8, 4) is 33.6 Å². The molecule has 0 bridgehead atoms. The summed E-state index contributed by atoms with van der Waals surface area (Å²) < 4.78 is 20.9. The van der Waals surface area contributed by atoms with Crippen molar-refractivity contribution in [2.75, 3.05) is 54.1 Å². The molecule has 3 aliphatic heterocycles. The number of rotatable bonds is 10. The molecule has 3 aliphatic rings. The largest absolute Gasteiger partial charge is 0.453 e. The van der Waals surface area contributed by atoms with E-state index in [9.17, 15) is 19.2 Å². The number of nitrogens with zero attached hydrogens (tertiary/aromatic N) is 4. The van der Waals surface area contributed by atoms with Crippen molar-refractivity contribution < 1.29 is 38.1 Å². The van der Waals surface area contributed by atoms with E-state index in [2.05, 4.69) is 105 Å². The minimum absolute atomic E-state index is 0.00662. The molecule has 2 unspecified atom stereocenters. The molecule has 3 saturated heterocycles. The monoisotopic (exact) mass is 814 g/mol. The smallest absolute Gasteiger partial charge is 0.407 e. The van der Waals surface area contributed by atoms with Crippen LogP contribution in [-0.2, 0) is 28.5 Å². The minimum Gasteiger partial charge on any atom is -0.453 e. The van der Waals surface area contributed by atoms with Gasteiger partial charge in [-0.3, -0.25) is 9.69 Å². The number of hydrogen-bond donors (Lipinski definition) is 4. The molecule has 5 heterocycles. The quantitative estimate of drug-likeness (QED) is 0.132. The van der Waals surface area contributed by atoms with Crippen LogP contribution in [-0.4, -0.2) is 120 Å². The Morgan fingerprint density at radius 2 is 1.37 bits per heavy atom. The van der Waals surface area contributed by atoms with Crippen LogP contribution < -0.4 is 10.6 Å². The molecule has 0 saturated carbocycles. The number of nitrogens with one attached hydrogen (secondary N) is 4. The zero-order valence-corrected chi connectivity index (χ0v) is 35.1. The van der Waals surface area contributed by atoms with E-state index in [0.29, 0.717) is 37.8 Å². The summed E-state index contributed by atoms with van der Waals surface area (Å²) in [5, 5.41) is 4.85. The Bertz CT molecular complexity index is 1970. The summed E-state index contributed by atoms with van der Waals surface area (Å²) in [6.45, 7) is 10.3. The highest BCUT2D eigenvalue weighted by Gasteiger charge is 2.52. The number of likely N-dealkylation sites (tertiary alicyclic amines) is 2. The zero-order chi connectivity index (χ0) is 42.5. The summed E-state index contributed by atoms with van der Waals surface area (Å²) in [6.07, 6.45) is 7.08. The van der Waals surface area contributed by atoms with Gasteiger partial charge in [0, 0.05) is 6.42 Å². The van der Waals surface area contributed by atoms with Crippen LogP contribution in [0.25, 0.3) is 33.6 Å². The summed E-state index contributed by atoms with van der Waals surface area (Å²) in [5.74, 6) is 0.372. The number of imidazole rings is 2. The fraction of sp³-hybridized carbons (Fsp3) is 0.488. The highest BCUT2D eigenvalue weighted by Crippen LogP contribution is 2.43. The number of carbonyl (C=O) groups excluding carboxylic acids is 4. The molecule has 318 valence electrons. The Balaban J connectivity index is 0.000000534. The molecule has 59 heavy (non-hydrogen) atoms. The molecule has 3 fully saturated rings. The zero-order valence-electron chi connectivity index (χ0n) is 35.1. The fourth-order valence-electron chi connectivity index (χ4n) is 7.34. The summed E-state index contributed by atoms with van der Waals surface area (Å²) in [7, 11) is 4.68. The van der Waals surface area contributed by atoms with E-state index < -0.39 is 30.1 Å². The third-order valence-electron chi connectivity index (χ3n) is 10.4. The summed E-state index contributed by atoms with van der Waals surface area (Å²) >= 11 is 0.